The lowest BCUT2D eigenvalue weighted by Crippen LogP contribution is -1.99. The van der Waals surface area contributed by atoms with Crippen LogP contribution in [0.15, 0.2) is 67.5 Å². The SMILES string of the molecule is Oc1c2c(-c3ccncc3)ccnc2cn1CCc1cn2cc(F)ccc2n1. The molecule has 5 heterocycles. The first kappa shape index (κ1) is 16.4. The molecule has 0 fully saturated rings. The van der Waals surface area contributed by atoms with Gasteiger partial charge in [-0.05, 0) is 41.5 Å². The molecule has 0 radical (unpaired) electrons. The molecule has 0 aliphatic rings. The topological polar surface area (TPSA) is 68.2 Å². The van der Waals surface area contributed by atoms with Crippen LogP contribution in [0.4, 0.5) is 4.39 Å². The summed E-state index contributed by atoms with van der Waals surface area (Å²) >= 11 is 0. The summed E-state index contributed by atoms with van der Waals surface area (Å²) in [4.78, 5) is 12.9. The average Bonchev–Trinajstić information content (AvgIpc) is 3.27. The highest BCUT2D eigenvalue weighted by Gasteiger charge is 2.15. The number of aryl methyl sites for hydroxylation is 2. The molecule has 5 aromatic rings. The Hall–Kier alpha value is -3.74. The molecular weight excluding hydrogens is 357 g/mol. The molecule has 0 bridgehead atoms. The van der Waals surface area contributed by atoms with E-state index in [2.05, 4.69) is 15.0 Å². The molecule has 5 rings (SSSR count). The second kappa shape index (κ2) is 6.45. The van der Waals surface area contributed by atoms with E-state index < -0.39 is 0 Å². The molecule has 6 nitrogen and oxygen atoms in total. The van der Waals surface area contributed by atoms with Crippen LogP contribution in [0.1, 0.15) is 5.69 Å². The molecule has 138 valence electrons. The largest absolute Gasteiger partial charge is 0.494 e. The van der Waals surface area contributed by atoms with Crippen LogP contribution in [0.3, 0.4) is 0 Å². The molecular formula is C21H16FN5O. The number of aromatic hydroxyl groups is 1. The van der Waals surface area contributed by atoms with Crippen molar-refractivity contribution in [2.75, 3.05) is 0 Å². The molecule has 0 saturated carbocycles. The van der Waals surface area contributed by atoms with Crippen molar-refractivity contribution in [3.63, 3.8) is 0 Å². The van der Waals surface area contributed by atoms with Crippen molar-refractivity contribution in [3.8, 4) is 17.0 Å². The van der Waals surface area contributed by atoms with E-state index in [1.807, 2.05) is 24.4 Å². The number of fused-ring (bicyclic) bond motifs is 2. The van der Waals surface area contributed by atoms with Gasteiger partial charge in [-0.2, -0.15) is 0 Å². The van der Waals surface area contributed by atoms with Crippen molar-refractivity contribution < 1.29 is 9.50 Å². The van der Waals surface area contributed by atoms with Gasteiger partial charge in [-0.15, -0.1) is 0 Å². The zero-order valence-electron chi connectivity index (χ0n) is 14.8. The molecule has 0 aliphatic carbocycles. The Morgan fingerprint density at radius 1 is 0.964 bits per heavy atom. The van der Waals surface area contributed by atoms with E-state index in [1.54, 1.807) is 39.8 Å². The molecule has 0 aliphatic heterocycles. The zero-order valence-corrected chi connectivity index (χ0v) is 14.8. The second-order valence-electron chi connectivity index (χ2n) is 6.60. The number of hydrogen-bond donors (Lipinski definition) is 1. The fourth-order valence-corrected chi connectivity index (χ4v) is 3.48. The number of rotatable bonds is 4. The molecule has 0 spiro atoms. The average molecular weight is 373 g/mol. The van der Waals surface area contributed by atoms with E-state index >= 15 is 0 Å². The number of nitrogens with zero attached hydrogens (tertiary/aromatic N) is 5. The number of aromatic nitrogens is 5. The van der Waals surface area contributed by atoms with Crippen molar-refractivity contribution in [2.24, 2.45) is 0 Å². The quantitative estimate of drug-likeness (QED) is 0.520. The van der Waals surface area contributed by atoms with Gasteiger partial charge in [0.15, 0.2) is 0 Å². The van der Waals surface area contributed by atoms with Crippen molar-refractivity contribution in [3.05, 3.63) is 79.0 Å². The maximum Gasteiger partial charge on any atom is 0.201 e. The standard InChI is InChI=1S/C21H16FN5O/c22-15-1-2-19-25-16(12-27(19)11-15)6-10-26-13-18-20(21(26)28)17(5-9-24-18)14-3-7-23-8-4-14/h1-5,7-9,11-13,28H,6,10H2. The summed E-state index contributed by atoms with van der Waals surface area (Å²) in [6, 6.07) is 8.73. The molecule has 0 aromatic carbocycles. The number of hydrogen-bond acceptors (Lipinski definition) is 4. The molecule has 28 heavy (non-hydrogen) atoms. The Balaban J connectivity index is 1.48. The number of imidazole rings is 1. The highest BCUT2D eigenvalue weighted by atomic mass is 19.1. The lowest BCUT2D eigenvalue weighted by atomic mass is 10.1. The van der Waals surface area contributed by atoms with Gasteiger partial charge in [-0.1, -0.05) is 0 Å². The first-order valence-electron chi connectivity index (χ1n) is 8.89. The van der Waals surface area contributed by atoms with E-state index in [0.717, 1.165) is 22.3 Å². The summed E-state index contributed by atoms with van der Waals surface area (Å²) in [5, 5.41) is 11.5. The van der Waals surface area contributed by atoms with Gasteiger partial charge in [-0.25, -0.2) is 9.37 Å². The smallest absolute Gasteiger partial charge is 0.201 e. The third-order valence-electron chi connectivity index (χ3n) is 4.82. The van der Waals surface area contributed by atoms with E-state index in [-0.39, 0.29) is 11.7 Å². The summed E-state index contributed by atoms with van der Waals surface area (Å²) < 4.78 is 16.8. The van der Waals surface area contributed by atoms with Crippen molar-refractivity contribution in [2.45, 2.75) is 13.0 Å². The highest BCUT2D eigenvalue weighted by Crippen LogP contribution is 2.35. The van der Waals surface area contributed by atoms with Crippen LogP contribution in [0.5, 0.6) is 5.88 Å². The van der Waals surface area contributed by atoms with Crippen molar-refractivity contribution in [1.82, 2.24) is 23.9 Å². The van der Waals surface area contributed by atoms with Gasteiger partial charge in [0, 0.05) is 50.1 Å². The molecule has 0 amide bonds. The first-order chi connectivity index (χ1) is 13.7. The minimum atomic E-state index is -0.305. The Bertz CT molecular complexity index is 1290. The van der Waals surface area contributed by atoms with Crippen LogP contribution in [0.2, 0.25) is 0 Å². The van der Waals surface area contributed by atoms with Crippen LogP contribution in [-0.4, -0.2) is 29.0 Å². The predicted molar refractivity (Wildman–Crippen MR) is 103 cm³/mol. The van der Waals surface area contributed by atoms with Gasteiger partial charge >= 0.3 is 0 Å². The number of pyridine rings is 3. The van der Waals surface area contributed by atoms with Gasteiger partial charge in [0.25, 0.3) is 0 Å². The maximum atomic E-state index is 13.3. The van der Waals surface area contributed by atoms with Crippen molar-refractivity contribution in [1.29, 1.82) is 0 Å². The van der Waals surface area contributed by atoms with Gasteiger partial charge in [-0.3, -0.25) is 9.97 Å². The van der Waals surface area contributed by atoms with Crippen LogP contribution >= 0.6 is 0 Å². The predicted octanol–water partition coefficient (Wildman–Crippen LogP) is 3.83. The summed E-state index contributed by atoms with van der Waals surface area (Å²) in [5.41, 5.74) is 4.12. The van der Waals surface area contributed by atoms with Crippen molar-refractivity contribution >= 4 is 16.6 Å². The Morgan fingerprint density at radius 3 is 2.68 bits per heavy atom. The molecule has 0 unspecified atom stereocenters. The summed E-state index contributed by atoms with van der Waals surface area (Å²) in [5.74, 6) is -0.134. The Labute approximate surface area is 159 Å². The molecule has 1 N–H and O–H groups in total. The third-order valence-corrected chi connectivity index (χ3v) is 4.82. The fraction of sp³-hybridized carbons (Fsp3) is 0.0952. The minimum absolute atomic E-state index is 0.171. The lowest BCUT2D eigenvalue weighted by molar-refractivity contribution is 0.422. The van der Waals surface area contributed by atoms with Crippen LogP contribution in [-0.2, 0) is 13.0 Å². The summed E-state index contributed by atoms with van der Waals surface area (Å²) in [6.07, 6.45) is 10.8. The lowest BCUT2D eigenvalue weighted by Gasteiger charge is -2.05. The minimum Gasteiger partial charge on any atom is -0.494 e. The first-order valence-corrected chi connectivity index (χ1v) is 8.89. The Kier molecular flexibility index (Phi) is 3.79. The van der Waals surface area contributed by atoms with Crippen LogP contribution in [0.25, 0.3) is 27.7 Å². The second-order valence-corrected chi connectivity index (χ2v) is 6.60. The van der Waals surface area contributed by atoms with E-state index in [4.69, 9.17) is 0 Å². The van der Waals surface area contributed by atoms with Crippen LogP contribution < -0.4 is 0 Å². The Morgan fingerprint density at radius 2 is 1.82 bits per heavy atom. The van der Waals surface area contributed by atoms with Gasteiger partial charge in [0.05, 0.1) is 16.6 Å². The molecule has 5 aromatic heterocycles. The third kappa shape index (κ3) is 2.77. The summed E-state index contributed by atoms with van der Waals surface area (Å²) in [6.45, 7) is 0.532. The van der Waals surface area contributed by atoms with Crippen LogP contribution in [0, 0.1) is 5.82 Å². The maximum absolute atomic E-state index is 13.3. The van der Waals surface area contributed by atoms with Gasteiger partial charge in [0.2, 0.25) is 5.88 Å². The van der Waals surface area contributed by atoms with E-state index in [9.17, 15) is 9.50 Å². The molecule has 7 heteroatoms. The normalized spacial score (nSPS) is 11.5. The van der Waals surface area contributed by atoms with E-state index in [0.29, 0.717) is 24.0 Å². The summed E-state index contributed by atoms with van der Waals surface area (Å²) in [7, 11) is 0. The highest BCUT2D eigenvalue weighted by molar-refractivity contribution is 5.98. The zero-order chi connectivity index (χ0) is 19.1. The number of halogens is 1. The molecule has 0 saturated heterocycles. The molecule has 0 atom stereocenters. The van der Waals surface area contributed by atoms with Gasteiger partial charge in [0.1, 0.15) is 11.5 Å². The van der Waals surface area contributed by atoms with E-state index in [1.165, 1.54) is 12.3 Å². The fourth-order valence-electron chi connectivity index (χ4n) is 3.48. The monoisotopic (exact) mass is 373 g/mol. The van der Waals surface area contributed by atoms with Gasteiger partial charge < -0.3 is 14.1 Å².